The van der Waals surface area contributed by atoms with E-state index in [9.17, 15) is 9.18 Å². The van der Waals surface area contributed by atoms with Crippen LogP contribution in [0.15, 0.2) is 66.2 Å². The van der Waals surface area contributed by atoms with Crippen molar-refractivity contribution in [3.8, 4) is 5.75 Å². The van der Waals surface area contributed by atoms with Gasteiger partial charge in [0.15, 0.2) is 0 Å². The van der Waals surface area contributed by atoms with E-state index >= 15 is 0 Å². The molecule has 112 valence electrons. The van der Waals surface area contributed by atoms with Crippen LogP contribution in [-0.2, 0) is 9.53 Å². The third-order valence-corrected chi connectivity index (χ3v) is 3.33. The highest BCUT2D eigenvalue weighted by Crippen LogP contribution is 2.29. The van der Waals surface area contributed by atoms with Gasteiger partial charge in [-0.15, -0.1) is 0 Å². The monoisotopic (exact) mass is 298 g/mol. The van der Waals surface area contributed by atoms with Gasteiger partial charge in [-0.3, -0.25) is 0 Å². The number of epoxide rings is 1. The Labute approximate surface area is 128 Å². The van der Waals surface area contributed by atoms with Crippen molar-refractivity contribution in [1.82, 2.24) is 0 Å². The minimum absolute atomic E-state index is 0.0116. The summed E-state index contributed by atoms with van der Waals surface area (Å²) >= 11 is 0. The zero-order valence-electron chi connectivity index (χ0n) is 11.9. The van der Waals surface area contributed by atoms with Crippen LogP contribution in [0.5, 0.6) is 5.75 Å². The Morgan fingerprint density at radius 3 is 2.27 bits per heavy atom. The average molecular weight is 298 g/mol. The van der Waals surface area contributed by atoms with E-state index in [1.165, 1.54) is 0 Å². The van der Waals surface area contributed by atoms with Crippen molar-refractivity contribution in [2.45, 2.75) is 12.5 Å². The van der Waals surface area contributed by atoms with Crippen molar-refractivity contribution < 1.29 is 18.7 Å². The summed E-state index contributed by atoms with van der Waals surface area (Å²) in [7, 11) is 0. The summed E-state index contributed by atoms with van der Waals surface area (Å²) in [6.07, 6.45) is 0.111. The summed E-state index contributed by atoms with van der Waals surface area (Å²) < 4.78 is 25.0. The third-order valence-electron chi connectivity index (χ3n) is 3.33. The fraction of sp³-hybridized carbons (Fsp3) is 0.167. The second kappa shape index (κ2) is 6.54. The van der Waals surface area contributed by atoms with Gasteiger partial charge in [0.1, 0.15) is 11.6 Å². The van der Waals surface area contributed by atoms with Crippen molar-refractivity contribution >= 4 is 11.8 Å². The van der Waals surface area contributed by atoms with Crippen LogP contribution >= 0.6 is 0 Å². The fourth-order valence-corrected chi connectivity index (χ4v) is 2.09. The molecule has 2 aromatic carbocycles. The molecule has 1 unspecified atom stereocenters. The molecule has 1 fully saturated rings. The molecule has 1 heterocycles. The molecule has 0 saturated carbocycles. The van der Waals surface area contributed by atoms with Gasteiger partial charge in [0.05, 0.1) is 18.3 Å². The Morgan fingerprint density at radius 2 is 1.68 bits per heavy atom. The van der Waals surface area contributed by atoms with Crippen LogP contribution in [0.4, 0.5) is 4.39 Å². The SMILES string of the molecule is O=C(Oc1ccccc1)C(CC1CO1)=C(F)c1ccccc1. The topological polar surface area (TPSA) is 38.8 Å². The summed E-state index contributed by atoms with van der Waals surface area (Å²) in [4.78, 5) is 12.3. The molecule has 0 spiro atoms. The standard InChI is InChI=1S/C18H15FO3/c19-17(13-7-3-1-4-8-13)16(11-15-12-21-15)18(20)22-14-9-5-2-6-10-14/h1-10,15H,11-12H2. The van der Waals surface area contributed by atoms with Gasteiger partial charge in [0.25, 0.3) is 0 Å². The minimum Gasteiger partial charge on any atom is -0.423 e. The van der Waals surface area contributed by atoms with Crippen molar-refractivity contribution in [3.05, 3.63) is 71.8 Å². The average Bonchev–Trinajstić information content (AvgIpc) is 3.38. The number of hydrogen-bond acceptors (Lipinski definition) is 3. The number of ether oxygens (including phenoxy) is 2. The van der Waals surface area contributed by atoms with Crippen molar-refractivity contribution in [2.24, 2.45) is 0 Å². The van der Waals surface area contributed by atoms with E-state index in [-0.39, 0.29) is 18.1 Å². The Balaban J connectivity index is 1.87. The number of hydrogen-bond donors (Lipinski definition) is 0. The first-order valence-corrected chi connectivity index (χ1v) is 7.07. The van der Waals surface area contributed by atoms with Gasteiger partial charge in [0.2, 0.25) is 0 Å². The number of carbonyl (C=O) groups excluding carboxylic acids is 1. The molecule has 0 bridgehead atoms. The Kier molecular flexibility index (Phi) is 4.30. The molecule has 1 aliphatic heterocycles. The molecule has 1 saturated heterocycles. The number of rotatable bonds is 5. The molecule has 1 aliphatic rings. The maximum absolute atomic E-state index is 14.7. The van der Waals surface area contributed by atoms with Gasteiger partial charge in [0, 0.05) is 12.0 Å². The first-order valence-electron chi connectivity index (χ1n) is 7.07. The molecule has 1 atom stereocenters. The smallest absolute Gasteiger partial charge is 0.342 e. The van der Waals surface area contributed by atoms with E-state index in [4.69, 9.17) is 9.47 Å². The van der Waals surface area contributed by atoms with E-state index in [0.717, 1.165) is 0 Å². The van der Waals surface area contributed by atoms with E-state index in [1.807, 2.05) is 6.07 Å². The summed E-state index contributed by atoms with van der Waals surface area (Å²) in [5, 5.41) is 0. The Hall–Kier alpha value is -2.46. The number of halogens is 1. The van der Waals surface area contributed by atoms with Crippen LogP contribution in [0.3, 0.4) is 0 Å². The van der Waals surface area contributed by atoms with Crippen LogP contribution in [0.1, 0.15) is 12.0 Å². The van der Waals surface area contributed by atoms with Gasteiger partial charge in [-0.1, -0.05) is 48.5 Å². The molecule has 0 amide bonds. The molecule has 22 heavy (non-hydrogen) atoms. The van der Waals surface area contributed by atoms with E-state index in [0.29, 0.717) is 17.9 Å². The molecule has 0 aromatic heterocycles. The lowest BCUT2D eigenvalue weighted by Gasteiger charge is -2.09. The van der Waals surface area contributed by atoms with E-state index in [2.05, 4.69) is 0 Å². The minimum atomic E-state index is -0.678. The van der Waals surface area contributed by atoms with Crippen LogP contribution in [-0.4, -0.2) is 18.7 Å². The van der Waals surface area contributed by atoms with Gasteiger partial charge < -0.3 is 9.47 Å². The zero-order valence-corrected chi connectivity index (χ0v) is 11.9. The fourth-order valence-electron chi connectivity index (χ4n) is 2.09. The van der Waals surface area contributed by atoms with Crippen LogP contribution in [0.2, 0.25) is 0 Å². The largest absolute Gasteiger partial charge is 0.423 e. The van der Waals surface area contributed by atoms with Crippen molar-refractivity contribution in [1.29, 1.82) is 0 Å². The lowest BCUT2D eigenvalue weighted by atomic mass is 10.1. The number of benzene rings is 2. The van der Waals surface area contributed by atoms with Crippen LogP contribution in [0.25, 0.3) is 5.83 Å². The predicted molar refractivity (Wildman–Crippen MR) is 80.9 cm³/mol. The molecule has 4 heteroatoms. The Bertz CT molecular complexity index is 676. The maximum Gasteiger partial charge on any atom is 0.342 e. The normalized spacial score (nSPS) is 17.6. The molecule has 0 radical (unpaired) electrons. The van der Waals surface area contributed by atoms with Gasteiger partial charge in [-0.05, 0) is 12.1 Å². The lowest BCUT2D eigenvalue weighted by molar-refractivity contribution is -0.130. The third kappa shape index (κ3) is 3.59. The van der Waals surface area contributed by atoms with Crippen molar-refractivity contribution in [3.63, 3.8) is 0 Å². The van der Waals surface area contributed by atoms with Gasteiger partial charge in [-0.25, -0.2) is 9.18 Å². The van der Waals surface area contributed by atoms with Crippen molar-refractivity contribution in [2.75, 3.05) is 6.61 Å². The lowest BCUT2D eigenvalue weighted by Crippen LogP contribution is -2.14. The summed E-state index contributed by atoms with van der Waals surface area (Å²) in [5.41, 5.74) is 0.376. The molecule has 3 nitrogen and oxygen atoms in total. The van der Waals surface area contributed by atoms with Crippen LogP contribution < -0.4 is 4.74 Å². The van der Waals surface area contributed by atoms with Gasteiger partial charge >= 0.3 is 5.97 Å². The molecular formula is C18H15FO3. The number of esters is 1. The highest BCUT2D eigenvalue weighted by atomic mass is 19.1. The predicted octanol–water partition coefficient (Wildman–Crippen LogP) is 3.76. The second-order valence-corrected chi connectivity index (χ2v) is 5.02. The Morgan fingerprint density at radius 1 is 1.09 bits per heavy atom. The molecule has 3 rings (SSSR count). The molecule has 0 N–H and O–H groups in total. The van der Waals surface area contributed by atoms with E-state index < -0.39 is 11.8 Å². The highest BCUT2D eigenvalue weighted by Gasteiger charge is 2.30. The summed E-state index contributed by atoms with van der Waals surface area (Å²) in [6, 6.07) is 17.1. The zero-order chi connectivity index (χ0) is 15.4. The first kappa shape index (κ1) is 14.5. The highest BCUT2D eigenvalue weighted by molar-refractivity contribution is 5.97. The molecular weight excluding hydrogens is 283 g/mol. The van der Waals surface area contributed by atoms with Crippen LogP contribution in [0, 0.1) is 0 Å². The second-order valence-electron chi connectivity index (χ2n) is 5.02. The number of para-hydroxylation sites is 1. The first-order chi connectivity index (χ1) is 10.7. The quantitative estimate of drug-likeness (QED) is 0.365. The van der Waals surface area contributed by atoms with E-state index in [1.54, 1.807) is 54.6 Å². The summed E-state index contributed by atoms with van der Waals surface area (Å²) in [6.45, 7) is 0.546. The van der Waals surface area contributed by atoms with Gasteiger partial charge in [-0.2, -0.15) is 0 Å². The molecule has 0 aliphatic carbocycles. The molecule has 2 aromatic rings. The number of carbonyl (C=O) groups is 1. The summed E-state index contributed by atoms with van der Waals surface area (Å²) in [5.74, 6) is -0.845. The maximum atomic E-state index is 14.7.